The number of rotatable bonds is 7. The van der Waals surface area contributed by atoms with Gasteiger partial charge >= 0.3 is 0 Å². The Bertz CT molecular complexity index is 1370. The van der Waals surface area contributed by atoms with E-state index in [0.717, 1.165) is 16.2 Å². The van der Waals surface area contributed by atoms with E-state index in [1.807, 2.05) is 35.7 Å². The molecule has 0 saturated carbocycles. The van der Waals surface area contributed by atoms with Crippen molar-refractivity contribution < 1.29 is 18.7 Å². The fourth-order valence-electron chi connectivity index (χ4n) is 3.87. The SMILES string of the molecule is COc1ccc([C@H]2CC(c3cccs3)=NN2C(=O)Cn2nnc(-c3ccc(F)cc3)n2)cc1OC. The first-order valence-corrected chi connectivity index (χ1v) is 11.6. The molecule has 5 rings (SSSR count). The highest BCUT2D eigenvalue weighted by atomic mass is 32.1. The Balaban J connectivity index is 1.42. The number of aromatic nitrogens is 4. The summed E-state index contributed by atoms with van der Waals surface area (Å²) in [5.74, 6) is 0.833. The van der Waals surface area contributed by atoms with Gasteiger partial charge in [0.1, 0.15) is 12.4 Å². The van der Waals surface area contributed by atoms with E-state index in [9.17, 15) is 9.18 Å². The van der Waals surface area contributed by atoms with Gasteiger partial charge in [-0.2, -0.15) is 9.90 Å². The fourth-order valence-corrected chi connectivity index (χ4v) is 4.59. The third-order valence-corrected chi connectivity index (χ3v) is 6.51. The second-order valence-electron chi connectivity index (χ2n) is 7.75. The summed E-state index contributed by atoms with van der Waals surface area (Å²) in [7, 11) is 3.15. The van der Waals surface area contributed by atoms with Crippen LogP contribution in [0.3, 0.4) is 0 Å². The predicted molar refractivity (Wildman–Crippen MR) is 128 cm³/mol. The van der Waals surface area contributed by atoms with Gasteiger partial charge in [0, 0.05) is 12.0 Å². The molecule has 9 nitrogen and oxygen atoms in total. The van der Waals surface area contributed by atoms with Crippen molar-refractivity contribution in [2.24, 2.45) is 5.10 Å². The van der Waals surface area contributed by atoms with Crippen LogP contribution in [0.25, 0.3) is 11.4 Å². The molecule has 0 aliphatic carbocycles. The Morgan fingerprint density at radius 1 is 1.11 bits per heavy atom. The van der Waals surface area contributed by atoms with Crippen molar-refractivity contribution in [2.45, 2.75) is 19.0 Å². The summed E-state index contributed by atoms with van der Waals surface area (Å²) < 4.78 is 24.0. The van der Waals surface area contributed by atoms with Gasteiger partial charge in [0.15, 0.2) is 11.5 Å². The van der Waals surface area contributed by atoms with Crippen LogP contribution in [-0.4, -0.2) is 51.1 Å². The number of thiophene rings is 1. The van der Waals surface area contributed by atoms with Gasteiger partial charge in [-0.3, -0.25) is 4.79 Å². The van der Waals surface area contributed by atoms with Gasteiger partial charge in [0.05, 0.1) is 30.9 Å². The van der Waals surface area contributed by atoms with E-state index in [1.54, 1.807) is 37.7 Å². The van der Waals surface area contributed by atoms with Crippen LogP contribution in [0.1, 0.15) is 22.9 Å². The maximum atomic E-state index is 13.4. The van der Waals surface area contributed by atoms with E-state index in [4.69, 9.17) is 9.47 Å². The molecule has 0 unspecified atom stereocenters. The molecule has 1 aliphatic heterocycles. The molecule has 0 radical (unpaired) electrons. The number of amides is 1. The molecule has 178 valence electrons. The third-order valence-electron chi connectivity index (χ3n) is 5.60. The minimum absolute atomic E-state index is 0.154. The highest BCUT2D eigenvalue weighted by Crippen LogP contribution is 2.38. The van der Waals surface area contributed by atoms with Gasteiger partial charge in [-0.1, -0.05) is 12.1 Å². The molecule has 35 heavy (non-hydrogen) atoms. The maximum Gasteiger partial charge on any atom is 0.266 e. The van der Waals surface area contributed by atoms with Crippen LogP contribution in [0.5, 0.6) is 11.5 Å². The number of carbonyl (C=O) groups is 1. The van der Waals surface area contributed by atoms with E-state index in [0.29, 0.717) is 29.3 Å². The molecule has 0 saturated heterocycles. The van der Waals surface area contributed by atoms with Crippen molar-refractivity contribution in [3.8, 4) is 22.9 Å². The quantitative estimate of drug-likeness (QED) is 0.388. The van der Waals surface area contributed by atoms with E-state index in [2.05, 4.69) is 20.5 Å². The van der Waals surface area contributed by atoms with Crippen LogP contribution in [0.4, 0.5) is 4.39 Å². The number of nitrogens with zero attached hydrogens (tertiary/aromatic N) is 6. The van der Waals surface area contributed by atoms with Crippen LogP contribution in [-0.2, 0) is 11.3 Å². The number of ether oxygens (including phenoxy) is 2. The Morgan fingerprint density at radius 2 is 1.91 bits per heavy atom. The smallest absolute Gasteiger partial charge is 0.266 e. The number of methoxy groups -OCH3 is 2. The van der Waals surface area contributed by atoms with Crippen molar-refractivity contribution in [3.05, 3.63) is 76.2 Å². The van der Waals surface area contributed by atoms with E-state index >= 15 is 0 Å². The number of hydrogen-bond acceptors (Lipinski definition) is 8. The molecule has 1 aliphatic rings. The minimum Gasteiger partial charge on any atom is -0.493 e. The first-order valence-electron chi connectivity index (χ1n) is 10.7. The molecule has 11 heteroatoms. The van der Waals surface area contributed by atoms with Crippen LogP contribution in [0.15, 0.2) is 65.1 Å². The van der Waals surface area contributed by atoms with Crippen molar-refractivity contribution in [3.63, 3.8) is 0 Å². The second-order valence-corrected chi connectivity index (χ2v) is 8.69. The number of hydrogen-bond donors (Lipinski definition) is 0. The van der Waals surface area contributed by atoms with E-state index in [-0.39, 0.29) is 24.3 Å². The lowest BCUT2D eigenvalue weighted by molar-refractivity contribution is -0.134. The number of hydrazone groups is 1. The van der Waals surface area contributed by atoms with E-state index in [1.165, 1.54) is 21.9 Å². The van der Waals surface area contributed by atoms with Gasteiger partial charge in [-0.15, -0.1) is 21.5 Å². The van der Waals surface area contributed by atoms with Gasteiger partial charge < -0.3 is 9.47 Å². The Hall–Kier alpha value is -4.12. The first kappa shape index (κ1) is 22.7. The standard InChI is InChI=1S/C24H21FN6O3S/c1-33-20-10-7-16(12-21(20)34-2)19-13-18(22-4-3-11-35-22)27-31(19)23(32)14-30-28-24(26-29-30)15-5-8-17(25)9-6-15/h3-12,19H,13-14H2,1-2H3/t19-/m1/s1. The maximum absolute atomic E-state index is 13.4. The van der Waals surface area contributed by atoms with Crippen molar-refractivity contribution in [1.29, 1.82) is 0 Å². The number of tetrazole rings is 1. The van der Waals surface area contributed by atoms with E-state index < -0.39 is 0 Å². The minimum atomic E-state index is -0.356. The van der Waals surface area contributed by atoms with Gasteiger partial charge in [-0.25, -0.2) is 9.40 Å². The van der Waals surface area contributed by atoms with Crippen molar-refractivity contribution in [2.75, 3.05) is 14.2 Å². The third kappa shape index (κ3) is 4.62. The van der Waals surface area contributed by atoms with Gasteiger partial charge in [0.2, 0.25) is 5.82 Å². The number of carbonyl (C=O) groups excluding carboxylic acids is 1. The van der Waals surface area contributed by atoms with Crippen LogP contribution < -0.4 is 9.47 Å². The van der Waals surface area contributed by atoms with Gasteiger partial charge in [0.25, 0.3) is 5.91 Å². The summed E-state index contributed by atoms with van der Waals surface area (Å²) in [5, 5.41) is 20.4. The molecule has 4 aromatic rings. The first-order chi connectivity index (χ1) is 17.1. The lowest BCUT2D eigenvalue weighted by Crippen LogP contribution is -2.31. The van der Waals surface area contributed by atoms with Crippen molar-refractivity contribution >= 4 is 23.0 Å². The summed E-state index contributed by atoms with van der Waals surface area (Å²) in [4.78, 5) is 15.6. The molecule has 1 amide bonds. The molecular formula is C24H21FN6O3S. The molecule has 2 aromatic heterocycles. The highest BCUT2D eigenvalue weighted by molar-refractivity contribution is 7.12. The average molecular weight is 493 g/mol. The summed E-state index contributed by atoms with van der Waals surface area (Å²) in [6, 6.07) is 14.9. The monoisotopic (exact) mass is 492 g/mol. The Kier molecular flexibility index (Phi) is 6.23. The zero-order valence-corrected chi connectivity index (χ0v) is 19.8. The molecule has 1 atom stereocenters. The summed E-state index contributed by atoms with van der Waals surface area (Å²) in [6.07, 6.45) is 0.549. The topological polar surface area (TPSA) is 94.7 Å². The summed E-state index contributed by atoms with van der Waals surface area (Å²) >= 11 is 1.57. The molecule has 0 fully saturated rings. The molecule has 0 spiro atoms. The number of benzene rings is 2. The van der Waals surface area contributed by atoms with Crippen LogP contribution in [0.2, 0.25) is 0 Å². The lowest BCUT2D eigenvalue weighted by atomic mass is 10.0. The molecular weight excluding hydrogens is 471 g/mol. The van der Waals surface area contributed by atoms with Crippen LogP contribution in [0, 0.1) is 5.82 Å². The summed E-state index contributed by atoms with van der Waals surface area (Å²) in [6.45, 7) is -0.154. The Labute approximate surface area is 204 Å². The predicted octanol–water partition coefficient (Wildman–Crippen LogP) is 3.94. The van der Waals surface area contributed by atoms with Crippen LogP contribution >= 0.6 is 11.3 Å². The normalized spacial score (nSPS) is 15.2. The van der Waals surface area contributed by atoms with Crippen molar-refractivity contribution in [1.82, 2.24) is 25.2 Å². The number of halogens is 1. The molecule has 0 N–H and O–H groups in total. The fraction of sp³-hybridized carbons (Fsp3) is 0.208. The zero-order chi connectivity index (χ0) is 24.4. The zero-order valence-electron chi connectivity index (χ0n) is 19.0. The highest BCUT2D eigenvalue weighted by Gasteiger charge is 2.34. The Morgan fingerprint density at radius 3 is 2.63 bits per heavy atom. The second kappa shape index (κ2) is 9.63. The van der Waals surface area contributed by atoms with Gasteiger partial charge in [-0.05, 0) is 58.6 Å². The molecule has 2 aromatic carbocycles. The summed E-state index contributed by atoms with van der Waals surface area (Å²) in [5.41, 5.74) is 2.30. The largest absolute Gasteiger partial charge is 0.493 e. The molecule has 3 heterocycles. The lowest BCUT2D eigenvalue weighted by Gasteiger charge is -2.22. The molecule has 0 bridgehead atoms. The average Bonchev–Trinajstić information content (AvgIpc) is 3.64.